The maximum absolute atomic E-state index is 14.7. The summed E-state index contributed by atoms with van der Waals surface area (Å²) in [5.74, 6) is 0.650. The summed E-state index contributed by atoms with van der Waals surface area (Å²) in [5.41, 5.74) is 5.46. The van der Waals surface area contributed by atoms with Gasteiger partial charge in [-0.2, -0.15) is 0 Å². The van der Waals surface area contributed by atoms with Crippen molar-refractivity contribution in [3.63, 3.8) is 0 Å². The van der Waals surface area contributed by atoms with E-state index >= 15 is 0 Å². The molecule has 29 heavy (non-hydrogen) atoms. The summed E-state index contributed by atoms with van der Waals surface area (Å²) < 4.78 is 14.7. The number of amides is 1. The van der Waals surface area contributed by atoms with Crippen LogP contribution in [0.2, 0.25) is 0 Å². The number of halogens is 1. The highest BCUT2D eigenvalue weighted by molar-refractivity contribution is 7.19. The predicted molar refractivity (Wildman–Crippen MR) is 111 cm³/mol. The Morgan fingerprint density at radius 1 is 1.31 bits per heavy atom. The molecule has 0 aliphatic heterocycles. The number of rotatable bonds is 6. The Balaban J connectivity index is 1.68. The Kier molecular flexibility index (Phi) is 4.84. The van der Waals surface area contributed by atoms with Crippen LogP contribution in [0.3, 0.4) is 0 Å². The Labute approximate surface area is 171 Å². The quantitative estimate of drug-likeness (QED) is 0.561. The van der Waals surface area contributed by atoms with Gasteiger partial charge in [-0.15, -0.1) is 11.3 Å². The molecule has 6 nitrogen and oxygen atoms in total. The molecule has 0 atom stereocenters. The van der Waals surface area contributed by atoms with E-state index in [0.717, 1.165) is 18.7 Å². The van der Waals surface area contributed by atoms with Crippen molar-refractivity contribution in [1.82, 2.24) is 9.97 Å². The number of hydrogen-bond donors (Lipinski definition) is 3. The van der Waals surface area contributed by atoms with Gasteiger partial charge in [-0.25, -0.2) is 14.4 Å². The van der Waals surface area contributed by atoms with E-state index in [1.807, 2.05) is 0 Å². The van der Waals surface area contributed by atoms with Gasteiger partial charge < -0.3 is 16.2 Å². The standard InChI is InChI=1S/C21H21FN4O2S/c1-21(2,28)12-5-6-13(15(22)9-12)16-10-14(18(23)27)20(29-16)26-17-7-8-24-19(25-17)11-3-4-11/h5-11,28H,3-4H2,1-2H3,(H2,23,27)(H,24,25,26). The largest absolute Gasteiger partial charge is 0.386 e. The first-order valence-electron chi connectivity index (χ1n) is 9.29. The molecule has 1 aliphatic rings. The summed E-state index contributed by atoms with van der Waals surface area (Å²) >= 11 is 1.22. The monoisotopic (exact) mass is 412 g/mol. The van der Waals surface area contributed by atoms with Gasteiger partial charge in [0.05, 0.1) is 11.2 Å². The van der Waals surface area contributed by atoms with Crippen molar-refractivity contribution < 1.29 is 14.3 Å². The third-order valence-corrected chi connectivity index (χ3v) is 5.88. The maximum Gasteiger partial charge on any atom is 0.251 e. The number of nitrogens with one attached hydrogen (secondary N) is 1. The summed E-state index contributed by atoms with van der Waals surface area (Å²) in [4.78, 5) is 21.3. The molecular formula is C21H21FN4O2S. The molecule has 2 aromatic heterocycles. The summed E-state index contributed by atoms with van der Waals surface area (Å²) in [7, 11) is 0. The van der Waals surface area contributed by atoms with E-state index in [1.54, 1.807) is 44.3 Å². The lowest BCUT2D eigenvalue weighted by molar-refractivity contribution is 0.0782. The topological polar surface area (TPSA) is 101 Å². The van der Waals surface area contributed by atoms with Crippen molar-refractivity contribution in [2.75, 3.05) is 5.32 Å². The van der Waals surface area contributed by atoms with Crippen LogP contribution >= 0.6 is 11.3 Å². The van der Waals surface area contributed by atoms with E-state index < -0.39 is 17.3 Å². The van der Waals surface area contributed by atoms with E-state index in [4.69, 9.17) is 5.73 Å². The van der Waals surface area contributed by atoms with E-state index in [9.17, 15) is 14.3 Å². The zero-order valence-electron chi connectivity index (χ0n) is 16.1. The second-order valence-electron chi connectivity index (χ2n) is 7.67. The van der Waals surface area contributed by atoms with Crippen LogP contribution < -0.4 is 11.1 Å². The molecule has 8 heteroatoms. The fourth-order valence-electron chi connectivity index (χ4n) is 2.99. The zero-order valence-corrected chi connectivity index (χ0v) is 16.9. The molecule has 1 aromatic carbocycles. The summed E-state index contributed by atoms with van der Waals surface area (Å²) in [6.07, 6.45) is 3.84. The summed E-state index contributed by atoms with van der Waals surface area (Å²) in [6, 6.07) is 7.86. The highest BCUT2D eigenvalue weighted by atomic mass is 32.1. The zero-order chi connectivity index (χ0) is 20.8. The van der Waals surface area contributed by atoms with Crippen LogP contribution in [-0.2, 0) is 5.60 Å². The van der Waals surface area contributed by atoms with E-state index in [0.29, 0.717) is 32.7 Å². The minimum Gasteiger partial charge on any atom is -0.386 e. The molecule has 150 valence electrons. The van der Waals surface area contributed by atoms with Crippen LogP contribution in [-0.4, -0.2) is 21.0 Å². The lowest BCUT2D eigenvalue weighted by atomic mass is 9.96. The molecule has 0 saturated heterocycles. The fourth-order valence-corrected chi connectivity index (χ4v) is 4.09. The van der Waals surface area contributed by atoms with Crippen LogP contribution in [0.25, 0.3) is 10.4 Å². The number of carbonyl (C=O) groups is 1. The lowest BCUT2D eigenvalue weighted by Gasteiger charge is -2.18. The lowest BCUT2D eigenvalue weighted by Crippen LogP contribution is -2.15. The van der Waals surface area contributed by atoms with Crippen molar-refractivity contribution in [1.29, 1.82) is 0 Å². The third-order valence-electron chi connectivity index (χ3n) is 4.80. The Bertz CT molecular complexity index is 1090. The molecule has 0 radical (unpaired) electrons. The first kappa shape index (κ1) is 19.5. The van der Waals surface area contributed by atoms with Gasteiger partial charge in [-0.3, -0.25) is 4.79 Å². The van der Waals surface area contributed by atoms with E-state index in [1.165, 1.54) is 17.4 Å². The Morgan fingerprint density at radius 2 is 2.07 bits per heavy atom. The van der Waals surface area contributed by atoms with Crippen LogP contribution in [0.1, 0.15) is 54.4 Å². The van der Waals surface area contributed by atoms with Crippen molar-refractivity contribution >= 4 is 28.1 Å². The van der Waals surface area contributed by atoms with Crippen LogP contribution in [0, 0.1) is 5.82 Å². The van der Waals surface area contributed by atoms with Gasteiger partial charge in [0.2, 0.25) is 0 Å². The average molecular weight is 412 g/mol. The van der Waals surface area contributed by atoms with Gasteiger partial charge in [0.15, 0.2) is 0 Å². The van der Waals surface area contributed by atoms with Crippen molar-refractivity contribution in [2.45, 2.75) is 38.2 Å². The van der Waals surface area contributed by atoms with Gasteiger partial charge in [0.25, 0.3) is 5.91 Å². The number of aromatic nitrogens is 2. The molecule has 1 amide bonds. The molecule has 4 rings (SSSR count). The molecule has 2 heterocycles. The SMILES string of the molecule is CC(C)(O)c1ccc(-c2cc(C(N)=O)c(Nc3ccnc(C4CC4)n3)s2)c(F)c1. The Morgan fingerprint density at radius 3 is 2.69 bits per heavy atom. The van der Waals surface area contributed by atoms with Crippen LogP contribution in [0.5, 0.6) is 0 Å². The second kappa shape index (κ2) is 7.20. The molecule has 0 unspecified atom stereocenters. The fraction of sp³-hybridized carbons (Fsp3) is 0.286. The highest BCUT2D eigenvalue weighted by Crippen LogP contribution is 2.40. The summed E-state index contributed by atoms with van der Waals surface area (Å²) in [5, 5.41) is 13.7. The van der Waals surface area contributed by atoms with Crippen molar-refractivity contribution in [2.24, 2.45) is 5.73 Å². The van der Waals surface area contributed by atoms with Gasteiger partial charge in [-0.05, 0) is 50.5 Å². The number of nitrogens with zero attached hydrogens (tertiary/aromatic N) is 2. The number of anilines is 2. The minimum absolute atomic E-state index is 0.266. The maximum atomic E-state index is 14.7. The number of aliphatic hydroxyl groups is 1. The molecule has 1 aliphatic carbocycles. The molecule has 3 aromatic rings. The highest BCUT2D eigenvalue weighted by Gasteiger charge is 2.27. The number of nitrogens with two attached hydrogens (primary N) is 1. The molecule has 0 bridgehead atoms. The van der Waals surface area contributed by atoms with Crippen molar-refractivity contribution in [3.05, 3.63) is 59.3 Å². The van der Waals surface area contributed by atoms with Crippen LogP contribution in [0.15, 0.2) is 36.5 Å². The number of carbonyl (C=O) groups excluding carboxylic acids is 1. The van der Waals surface area contributed by atoms with Crippen LogP contribution in [0.4, 0.5) is 15.2 Å². The van der Waals surface area contributed by atoms with Gasteiger partial charge in [-0.1, -0.05) is 12.1 Å². The van der Waals surface area contributed by atoms with E-state index in [2.05, 4.69) is 15.3 Å². The predicted octanol–water partition coefficient (Wildman–Crippen LogP) is 4.29. The second-order valence-corrected chi connectivity index (χ2v) is 8.72. The number of benzene rings is 1. The molecule has 4 N–H and O–H groups in total. The number of thiophene rings is 1. The molecule has 1 saturated carbocycles. The average Bonchev–Trinajstić information content (AvgIpc) is 3.42. The van der Waals surface area contributed by atoms with Gasteiger partial charge in [0.1, 0.15) is 22.5 Å². The first-order chi connectivity index (χ1) is 13.7. The molecular weight excluding hydrogens is 391 g/mol. The summed E-state index contributed by atoms with van der Waals surface area (Å²) in [6.45, 7) is 3.19. The first-order valence-corrected chi connectivity index (χ1v) is 10.1. The minimum atomic E-state index is -1.15. The Hall–Kier alpha value is -2.84. The van der Waals surface area contributed by atoms with E-state index in [-0.39, 0.29) is 5.56 Å². The van der Waals surface area contributed by atoms with Crippen molar-refractivity contribution in [3.8, 4) is 10.4 Å². The third kappa shape index (κ3) is 4.13. The van der Waals surface area contributed by atoms with Gasteiger partial charge in [0, 0.05) is 22.6 Å². The number of primary amides is 1. The smallest absolute Gasteiger partial charge is 0.251 e. The molecule has 0 spiro atoms. The van der Waals surface area contributed by atoms with Gasteiger partial charge >= 0.3 is 0 Å². The normalized spacial score (nSPS) is 14.1. The molecule has 1 fully saturated rings. The number of hydrogen-bond acceptors (Lipinski definition) is 6.